The number of nitrogens with two attached hydrogens (primary N) is 1. The second-order valence-corrected chi connectivity index (χ2v) is 5.50. The Hall–Kier alpha value is -1.22. The van der Waals surface area contributed by atoms with Crippen molar-refractivity contribution in [3.8, 4) is 11.5 Å². The summed E-state index contributed by atoms with van der Waals surface area (Å²) in [6.45, 7) is 4.40. The zero-order chi connectivity index (χ0) is 13.9. The van der Waals surface area contributed by atoms with Crippen molar-refractivity contribution < 1.29 is 9.47 Å². The van der Waals surface area contributed by atoms with Crippen LogP contribution in [-0.4, -0.2) is 12.7 Å². The summed E-state index contributed by atoms with van der Waals surface area (Å²) in [6, 6.07) is 6.01. The number of fused-ring (bicyclic) bond motifs is 1. The van der Waals surface area contributed by atoms with E-state index in [1.165, 1.54) is 0 Å². The topological polar surface area (TPSA) is 44.5 Å². The highest BCUT2D eigenvalue weighted by atomic mass is 16.5. The Bertz CT molecular complexity index is 425. The molecule has 0 aliphatic carbocycles. The maximum atomic E-state index is 6.35. The summed E-state index contributed by atoms with van der Waals surface area (Å²) in [4.78, 5) is 0. The number of ether oxygens (including phenoxy) is 2. The van der Waals surface area contributed by atoms with Crippen LogP contribution in [0.25, 0.3) is 0 Å². The Morgan fingerprint density at radius 1 is 1.32 bits per heavy atom. The molecule has 3 heteroatoms. The Morgan fingerprint density at radius 2 is 2.00 bits per heavy atom. The molecule has 0 aromatic heterocycles. The lowest BCUT2D eigenvalue weighted by molar-refractivity contribution is 0.0177. The van der Waals surface area contributed by atoms with E-state index in [1.807, 2.05) is 18.2 Å². The van der Waals surface area contributed by atoms with Crippen LogP contribution in [-0.2, 0) is 0 Å². The molecule has 0 saturated carbocycles. The van der Waals surface area contributed by atoms with Gasteiger partial charge in [0.15, 0.2) is 0 Å². The molecule has 1 aromatic rings. The lowest BCUT2D eigenvalue weighted by Crippen LogP contribution is -2.42. The lowest BCUT2D eigenvalue weighted by atomic mass is 9.81. The Morgan fingerprint density at radius 3 is 2.58 bits per heavy atom. The smallest absolute Gasteiger partial charge is 0.128 e. The van der Waals surface area contributed by atoms with Crippen LogP contribution in [0.2, 0.25) is 0 Å². The predicted molar refractivity (Wildman–Crippen MR) is 77.7 cm³/mol. The molecular weight excluding hydrogens is 238 g/mol. The number of rotatable bonds is 5. The van der Waals surface area contributed by atoms with E-state index in [0.29, 0.717) is 0 Å². The van der Waals surface area contributed by atoms with Crippen molar-refractivity contribution in [3.05, 3.63) is 23.8 Å². The third kappa shape index (κ3) is 2.86. The fourth-order valence-corrected chi connectivity index (χ4v) is 3.16. The van der Waals surface area contributed by atoms with Crippen LogP contribution in [0, 0.1) is 0 Å². The van der Waals surface area contributed by atoms with Crippen LogP contribution < -0.4 is 15.2 Å². The maximum Gasteiger partial charge on any atom is 0.128 e. The summed E-state index contributed by atoms with van der Waals surface area (Å²) in [6.07, 6.45) is 5.27. The molecule has 19 heavy (non-hydrogen) atoms. The first-order chi connectivity index (χ1) is 9.14. The van der Waals surface area contributed by atoms with Crippen LogP contribution in [0.15, 0.2) is 18.2 Å². The van der Waals surface area contributed by atoms with Gasteiger partial charge in [-0.2, -0.15) is 0 Å². The van der Waals surface area contributed by atoms with Gasteiger partial charge in [0, 0.05) is 24.1 Å². The van der Waals surface area contributed by atoms with E-state index in [4.69, 9.17) is 15.2 Å². The Balaban J connectivity index is 2.34. The minimum atomic E-state index is -0.0950. The van der Waals surface area contributed by atoms with E-state index in [1.54, 1.807) is 7.11 Å². The molecule has 0 fully saturated rings. The van der Waals surface area contributed by atoms with Crippen molar-refractivity contribution in [2.45, 2.75) is 57.6 Å². The molecule has 0 unspecified atom stereocenters. The summed E-state index contributed by atoms with van der Waals surface area (Å²) < 4.78 is 11.6. The first-order valence-electron chi connectivity index (χ1n) is 7.26. The number of hydrogen-bond acceptors (Lipinski definition) is 3. The van der Waals surface area contributed by atoms with Gasteiger partial charge in [-0.15, -0.1) is 0 Å². The highest BCUT2D eigenvalue weighted by Gasteiger charge is 2.38. The summed E-state index contributed by atoms with van der Waals surface area (Å²) >= 11 is 0. The van der Waals surface area contributed by atoms with Crippen LogP contribution in [0.4, 0.5) is 0 Å². The van der Waals surface area contributed by atoms with E-state index in [2.05, 4.69) is 13.8 Å². The molecule has 0 saturated heterocycles. The van der Waals surface area contributed by atoms with Crippen molar-refractivity contribution in [3.63, 3.8) is 0 Å². The van der Waals surface area contributed by atoms with Crippen molar-refractivity contribution in [1.82, 2.24) is 0 Å². The van der Waals surface area contributed by atoms with E-state index in [0.717, 1.165) is 49.2 Å². The SMILES string of the molecule is CCCC1(CCC)C[C@@H](N)c2ccc(OC)cc2O1. The molecule has 2 rings (SSSR count). The zero-order valence-corrected chi connectivity index (χ0v) is 12.2. The van der Waals surface area contributed by atoms with Crippen LogP contribution in [0.1, 0.15) is 57.6 Å². The summed E-state index contributed by atoms with van der Waals surface area (Å²) in [7, 11) is 1.68. The van der Waals surface area contributed by atoms with E-state index in [-0.39, 0.29) is 11.6 Å². The minimum absolute atomic E-state index is 0.0627. The molecule has 0 spiro atoms. The molecular formula is C16H25NO2. The third-order valence-electron chi connectivity index (χ3n) is 3.95. The first kappa shape index (κ1) is 14.2. The second-order valence-electron chi connectivity index (χ2n) is 5.50. The molecule has 1 aromatic carbocycles. The zero-order valence-electron chi connectivity index (χ0n) is 12.2. The van der Waals surface area contributed by atoms with Gasteiger partial charge in [-0.1, -0.05) is 32.8 Å². The van der Waals surface area contributed by atoms with Gasteiger partial charge in [-0.3, -0.25) is 0 Å². The fraction of sp³-hybridized carbons (Fsp3) is 0.625. The largest absolute Gasteiger partial charge is 0.497 e. The Kier molecular flexibility index (Phi) is 4.35. The number of hydrogen-bond donors (Lipinski definition) is 1. The van der Waals surface area contributed by atoms with Gasteiger partial charge in [-0.25, -0.2) is 0 Å². The molecule has 1 atom stereocenters. The van der Waals surface area contributed by atoms with Crippen LogP contribution >= 0.6 is 0 Å². The average Bonchev–Trinajstić information content (AvgIpc) is 2.38. The molecule has 0 bridgehead atoms. The van der Waals surface area contributed by atoms with Gasteiger partial charge < -0.3 is 15.2 Å². The maximum absolute atomic E-state index is 6.35. The number of methoxy groups -OCH3 is 1. The first-order valence-corrected chi connectivity index (χ1v) is 7.26. The molecule has 0 radical (unpaired) electrons. The summed E-state index contributed by atoms with van der Waals surface area (Å²) in [5, 5.41) is 0. The molecule has 106 valence electrons. The molecule has 2 N–H and O–H groups in total. The second kappa shape index (κ2) is 5.83. The number of benzene rings is 1. The Labute approximate surface area is 116 Å². The van der Waals surface area contributed by atoms with Gasteiger partial charge in [-0.05, 0) is 18.9 Å². The van der Waals surface area contributed by atoms with E-state index in [9.17, 15) is 0 Å². The normalized spacial score (nSPS) is 20.5. The molecule has 1 aliphatic heterocycles. The summed E-state index contributed by atoms with van der Waals surface area (Å²) in [5.74, 6) is 1.73. The minimum Gasteiger partial charge on any atom is -0.497 e. The molecule has 1 heterocycles. The van der Waals surface area contributed by atoms with Crippen LogP contribution in [0.5, 0.6) is 11.5 Å². The van der Waals surface area contributed by atoms with Gasteiger partial charge in [0.05, 0.1) is 7.11 Å². The van der Waals surface area contributed by atoms with Crippen molar-refractivity contribution >= 4 is 0 Å². The van der Waals surface area contributed by atoms with E-state index < -0.39 is 0 Å². The molecule has 1 aliphatic rings. The van der Waals surface area contributed by atoms with Gasteiger partial charge in [0.1, 0.15) is 17.1 Å². The summed E-state index contributed by atoms with van der Waals surface area (Å²) in [5.41, 5.74) is 7.36. The van der Waals surface area contributed by atoms with Crippen molar-refractivity contribution in [2.24, 2.45) is 5.73 Å². The van der Waals surface area contributed by atoms with Crippen molar-refractivity contribution in [1.29, 1.82) is 0 Å². The van der Waals surface area contributed by atoms with Crippen molar-refractivity contribution in [2.75, 3.05) is 7.11 Å². The van der Waals surface area contributed by atoms with Crippen LogP contribution in [0.3, 0.4) is 0 Å². The third-order valence-corrected chi connectivity index (χ3v) is 3.95. The average molecular weight is 263 g/mol. The lowest BCUT2D eigenvalue weighted by Gasteiger charge is -2.41. The highest BCUT2D eigenvalue weighted by molar-refractivity contribution is 5.44. The van der Waals surface area contributed by atoms with E-state index >= 15 is 0 Å². The van der Waals surface area contributed by atoms with Gasteiger partial charge in [0.2, 0.25) is 0 Å². The fourth-order valence-electron chi connectivity index (χ4n) is 3.16. The highest BCUT2D eigenvalue weighted by Crippen LogP contribution is 2.44. The monoisotopic (exact) mass is 263 g/mol. The predicted octanol–water partition coefficient (Wildman–Crippen LogP) is 3.82. The van der Waals surface area contributed by atoms with Gasteiger partial charge >= 0.3 is 0 Å². The molecule has 3 nitrogen and oxygen atoms in total. The standard InChI is InChI=1S/C16H25NO2/c1-4-8-16(9-5-2)11-14(17)13-7-6-12(18-3)10-15(13)19-16/h6-7,10,14H,4-5,8-9,11,17H2,1-3H3/t14-/m1/s1. The quantitative estimate of drug-likeness (QED) is 0.878. The van der Waals surface area contributed by atoms with Gasteiger partial charge in [0.25, 0.3) is 0 Å². The molecule has 0 amide bonds.